The second kappa shape index (κ2) is 5.81. The van der Waals surface area contributed by atoms with Gasteiger partial charge in [0.1, 0.15) is 11.9 Å². The SMILES string of the molecule is CCc1nnc2n1CCN(C(=O)[C@@H]1Oc3ccccc3O[C@@H]1C)C2. The van der Waals surface area contributed by atoms with Crippen LogP contribution in [0, 0.1) is 0 Å². The number of fused-ring (bicyclic) bond motifs is 2. The highest BCUT2D eigenvalue weighted by molar-refractivity contribution is 5.82. The number of aromatic nitrogens is 3. The molecule has 0 N–H and O–H groups in total. The van der Waals surface area contributed by atoms with Crippen molar-refractivity contribution in [3.63, 3.8) is 0 Å². The Hall–Kier alpha value is -2.57. The molecule has 0 aliphatic carbocycles. The molecule has 1 aromatic carbocycles. The normalized spacial score (nSPS) is 22.2. The van der Waals surface area contributed by atoms with Gasteiger partial charge < -0.3 is 18.9 Å². The molecule has 3 heterocycles. The standard InChI is InChI=1S/C17H20N4O3/c1-3-14-18-19-15-10-20(8-9-21(14)15)17(22)16-11(2)23-12-6-4-5-7-13(12)24-16/h4-7,11,16H,3,8-10H2,1-2H3/t11-,16-/m1/s1. The van der Waals surface area contributed by atoms with Gasteiger partial charge >= 0.3 is 0 Å². The minimum atomic E-state index is -0.639. The molecule has 126 valence electrons. The summed E-state index contributed by atoms with van der Waals surface area (Å²) in [6.07, 6.45) is -0.132. The Morgan fingerprint density at radius 1 is 1.21 bits per heavy atom. The zero-order valence-electron chi connectivity index (χ0n) is 13.8. The van der Waals surface area contributed by atoms with Crippen molar-refractivity contribution >= 4 is 5.91 Å². The van der Waals surface area contributed by atoms with Crippen LogP contribution in [-0.2, 0) is 24.3 Å². The Morgan fingerprint density at radius 3 is 2.71 bits per heavy atom. The number of amides is 1. The van der Waals surface area contributed by atoms with E-state index in [1.807, 2.05) is 31.2 Å². The van der Waals surface area contributed by atoms with Crippen molar-refractivity contribution in [3.8, 4) is 11.5 Å². The Morgan fingerprint density at radius 2 is 1.96 bits per heavy atom. The molecule has 2 aliphatic rings. The number of benzene rings is 1. The average Bonchev–Trinajstić information content (AvgIpc) is 3.02. The Bertz CT molecular complexity index is 773. The second-order valence-corrected chi connectivity index (χ2v) is 6.11. The molecule has 0 spiro atoms. The van der Waals surface area contributed by atoms with Gasteiger partial charge in [0.15, 0.2) is 17.3 Å². The summed E-state index contributed by atoms with van der Waals surface area (Å²) in [7, 11) is 0. The molecule has 1 aromatic heterocycles. The van der Waals surface area contributed by atoms with Gasteiger partial charge in [-0.2, -0.15) is 0 Å². The number of carbonyl (C=O) groups is 1. The molecule has 2 aromatic rings. The van der Waals surface area contributed by atoms with Crippen LogP contribution in [0.15, 0.2) is 24.3 Å². The second-order valence-electron chi connectivity index (χ2n) is 6.11. The zero-order valence-corrected chi connectivity index (χ0v) is 13.8. The monoisotopic (exact) mass is 328 g/mol. The van der Waals surface area contributed by atoms with Gasteiger partial charge in [0, 0.05) is 19.5 Å². The summed E-state index contributed by atoms with van der Waals surface area (Å²) in [6, 6.07) is 7.43. The predicted molar refractivity (Wildman–Crippen MR) is 85.8 cm³/mol. The lowest BCUT2D eigenvalue weighted by atomic mass is 10.1. The maximum Gasteiger partial charge on any atom is 0.268 e. The molecule has 0 saturated heterocycles. The first-order valence-electron chi connectivity index (χ1n) is 8.29. The van der Waals surface area contributed by atoms with Crippen molar-refractivity contribution in [1.82, 2.24) is 19.7 Å². The highest BCUT2D eigenvalue weighted by Crippen LogP contribution is 2.34. The third kappa shape index (κ3) is 2.40. The fraction of sp³-hybridized carbons (Fsp3) is 0.471. The third-order valence-electron chi connectivity index (χ3n) is 4.54. The van der Waals surface area contributed by atoms with E-state index >= 15 is 0 Å². The highest BCUT2D eigenvalue weighted by atomic mass is 16.6. The van der Waals surface area contributed by atoms with E-state index in [1.165, 1.54) is 0 Å². The molecule has 24 heavy (non-hydrogen) atoms. The number of nitrogens with zero attached hydrogens (tertiary/aromatic N) is 4. The molecule has 7 nitrogen and oxygen atoms in total. The summed E-state index contributed by atoms with van der Waals surface area (Å²) in [5.74, 6) is 3.03. The van der Waals surface area contributed by atoms with E-state index in [4.69, 9.17) is 9.47 Å². The molecule has 1 amide bonds. The lowest BCUT2D eigenvalue weighted by molar-refractivity contribution is -0.146. The van der Waals surface area contributed by atoms with Crippen molar-refractivity contribution in [3.05, 3.63) is 35.9 Å². The van der Waals surface area contributed by atoms with Crippen LogP contribution < -0.4 is 9.47 Å². The van der Waals surface area contributed by atoms with Crippen LogP contribution in [0.4, 0.5) is 0 Å². The predicted octanol–water partition coefficient (Wildman–Crippen LogP) is 1.41. The number of aryl methyl sites for hydroxylation is 1. The van der Waals surface area contributed by atoms with E-state index in [0.29, 0.717) is 24.6 Å². The van der Waals surface area contributed by atoms with Gasteiger partial charge in [0.25, 0.3) is 5.91 Å². The lowest BCUT2D eigenvalue weighted by Gasteiger charge is -2.35. The zero-order chi connectivity index (χ0) is 16.7. The van der Waals surface area contributed by atoms with Gasteiger partial charge in [-0.1, -0.05) is 19.1 Å². The summed E-state index contributed by atoms with van der Waals surface area (Å²) in [5, 5.41) is 8.39. The largest absolute Gasteiger partial charge is 0.482 e. The topological polar surface area (TPSA) is 69.5 Å². The van der Waals surface area contributed by atoms with Crippen LogP contribution in [0.3, 0.4) is 0 Å². The van der Waals surface area contributed by atoms with Crippen molar-refractivity contribution in [2.75, 3.05) is 6.54 Å². The van der Waals surface area contributed by atoms with Crippen LogP contribution in [0.5, 0.6) is 11.5 Å². The average molecular weight is 328 g/mol. The van der Waals surface area contributed by atoms with Crippen LogP contribution in [0.2, 0.25) is 0 Å². The summed E-state index contributed by atoms with van der Waals surface area (Å²) in [6.45, 7) is 5.72. The molecule has 2 atom stereocenters. The van der Waals surface area contributed by atoms with Gasteiger partial charge in [-0.3, -0.25) is 4.79 Å². The Balaban J connectivity index is 1.52. The molecule has 7 heteroatoms. The molecular formula is C17H20N4O3. The van der Waals surface area contributed by atoms with Crippen molar-refractivity contribution in [2.45, 2.75) is 45.6 Å². The van der Waals surface area contributed by atoms with Crippen molar-refractivity contribution < 1.29 is 14.3 Å². The summed E-state index contributed by atoms with van der Waals surface area (Å²) >= 11 is 0. The first kappa shape index (κ1) is 15.0. The minimum absolute atomic E-state index is 0.0655. The summed E-state index contributed by atoms with van der Waals surface area (Å²) in [4.78, 5) is 14.7. The molecule has 0 unspecified atom stereocenters. The first-order chi connectivity index (χ1) is 11.7. The number of rotatable bonds is 2. The van der Waals surface area contributed by atoms with E-state index in [0.717, 1.165) is 24.6 Å². The molecular weight excluding hydrogens is 308 g/mol. The van der Waals surface area contributed by atoms with Crippen LogP contribution in [-0.4, -0.2) is 44.3 Å². The summed E-state index contributed by atoms with van der Waals surface area (Å²) in [5.41, 5.74) is 0. The fourth-order valence-electron chi connectivity index (χ4n) is 3.24. The van der Waals surface area contributed by atoms with Gasteiger partial charge in [-0.25, -0.2) is 0 Å². The van der Waals surface area contributed by atoms with Gasteiger partial charge in [0.2, 0.25) is 6.10 Å². The van der Waals surface area contributed by atoms with Crippen LogP contribution >= 0.6 is 0 Å². The van der Waals surface area contributed by atoms with E-state index in [-0.39, 0.29) is 12.0 Å². The van der Waals surface area contributed by atoms with Gasteiger partial charge in [0.05, 0.1) is 6.54 Å². The molecule has 0 bridgehead atoms. The van der Waals surface area contributed by atoms with E-state index in [9.17, 15) is 4.79 Å². The number of hydrogen-bond acceptors (Lipinski definition) is 5. The number of para-hydroxylation sites is 2. The lowest BCUT2D eigenvalue weighted by Crippen LogP contribution is -2.52. The van der Waals surface area contributed by atoms with Crippen molar-refractivity contribution in [1.29, 1.82) is 0 Å². The molecule has 0 saturated carbocycles. The Kier molecular flexibility index (Phi) is 3.63. The molecule has 0 radical (unpaired) electrons. The van der Waals surface area contributed by atoms with Gasteiger partial charge in [-0.15, -0.1) is 10.2 Å². The van der Waals surface area contributed by atoms with Gasteiger partial charge in [-0.05, 0) is 19.1 Å². The smallest absolute Gasteiger partial charge is 0.268 e. The number of hydrogen-bond donors (Lipinski definition) is 0. The molecule has 0 fully saturated rings. The van der Waals surface area contributed by atoms with Crippen LogP contribution in [0.25, 0.3) is 0 Å². The quantitative estimate of drug-likeness (QED) is 0.834. The Labute approximate surface area is 140 Å². The highest BCUT2D eigenvalue weighted by Gasteiger charge is 2.38. The number of carbonyl (C=O) groups excluding carboxylic acids is 1. The van der Waals surface area contributed by atoms with Crippen molar-refractivity contribution in [2.24, 2.45) is 0 Å². The van der Waals surface area contributed by atoms with E-state index < -0.39 is 6.10 Å². The molecule has 2 aliphatic heterocycles. The minimum Gasteiger partial charge on any atom is -0.482 e. The first-order valence-corrected chi connectivity index (χ1v) is 8.29. The third-order valence-corrected chi connectivity index (χ3v) is 4.54. The molecule has 4 rings (SSSR count). The fourth-order valence-corrected chi connectivity index (χ4v) is 3.24. The maximum absolute atomic E-state index is 12.9. The van der Waals surface area contributed by atoms with E-state index in [1.54, 1.807) is 4.90 Å². The number of ether oxygens (including phenoxy) is 2. The van der Waals surface area contributed by atoms with Crippen LogP contribution in [0.1, 0.15) is 25.5 Å². The maximum atomic E-state index is 12.9. The summed E-state index contributed by atoms with van der Waals surface area (Å²) < 4.78 is 13.9. The van der Waals surface area contributed by atoms with E-state index in [2.05, 4.69) is 21.7 Å².